The highest BCUT2D eigenvalue weighted by Crippen LogP contribution is 2.40. The summed E-state index contributed by atoms with van der Waals surface area (Å²) in [5.41, 5.74) is 0.815. The normalized spacial score (nSPS) is 23.0. The number of carbonyl (C=O) groups excluding carboxylic acids is 2. The Labute approximate surface area is 138 Å². The number of amides is 1. The summed E-state index contributed by atoms with van der Waals surface area (Å²) < 4.78 is 7.40. The Bertz CT molecular complexity index is 609. The van der Waals surface area contributed by atoms with E-state index in [0.29, 0.717) is 0 Å². The standard InChI is InChI=1S/C14H15N3O3S2/c1-9(2)20-11(18)8-14(22-17-21)12(16-13(14)19)15-10-6-4-3-5-7-10/h3-7,12,15H,1,8H2,2H3,(H,16,19). The highest BCUT2D eigenvalue weighted by Gasteiger charge is 2.58. The van der Waals surface area contributed by atoms with E-state index in [1.807, 2.05) is 30.3 Å². The summed E-state index contributed by atoms with van der Waals surface area (Å²) in [5, 5.41) is 5.87. The molecule has 1 amide bonds. The van der Waals surface area contributed by atoms with Crippen LogP contribution in [0.5, 0.6) is 0 Å². The zero-order valence-corrected chi connectivity index (χ0v) is 13.5. The monoisotopic (exact) mass is 337 g/mol. The van der Waals surface area contributed by atoms with Gasteiger partial charge in [0.05, 0.1) is 12.2 Å². The van der Waals surface area contributed by atoms with Gasteiger partial charge in [-0.3, -0.25) is 9.59 Å². The zero-order valence-electron chi connectivity index (χ0n) is 11.9. The van der Waals surface area contributed by atoms with Crippen LogP contribution in [-0.4, -0.2) is 22.8 Å². The molecule has 1 aliphatic heterocycles. The molecule has 116 valence electrons. The maximum absolute atomic E-state index is 12.1. The van der Waals surface area contributed by atoms with Gasteiger partial charge in [0.2, 0.25) is 5.91 Å². The third-order valence-corrected chi connectivity index (χ3v) is 4.30. The van der Waals surface area contributed by atoms with Crippen molar-refractivity contribution in [3.8, 4) is 0 Å². The lowest BCUT2D eigenvalue weighted by molar-refractivity contribution is -0.145. The smallest absolute Gasteiger partial charge is 0.313 e. The quantitative estimate of drug-likeness (QED) is 0.343. The first-order valence-electron chi connectivity index (χ1n) is 6.47. The second-order valence-corrected chi connectivity index (χ2v) is 6.33. The predicted molar refractivity (Wildman–Crippen MR) is 87.6 cm³/mol. The van der Waals surface area contributed by atoms with E-state index in [0.717, 1.165) is 17.6 Å². The third kappa shape index (κ3) is 3.45. The number of benzene rings is 1. The minimum Gasteiger partial charge on any atom is -0.432 e. The van der Waals surface area contributed by atoms with Crippen molar-refractivity contribution in [1.82, 2.24) is 5.32 Å². The highest BCUT2D eigenvalue weighted by atomic mass is 32.2. The topological polar surface area (TPSA) is 79.8 Å². The molecule has 0 saturated carbocycles. The van der Waals surface area contributed by atoms with Crippen LogP contribution < -0.4 is 10.6 Å². The molecule has 0 aliphatic carbocycles. The molecule has 1 saturated heterocycles. The van der Waals surface area contributed by atoms with E-state index in [2.05, 4.69) is 33.4 Å². The van der Waals surface area contributed by atoms with Gasteiger partial charge in [-0.05, 0) is 19.1 Å². The van der Waals surface area contributed by atoms with Gasteiger partial charge in [-0.15, -0.1) is 3.77 Å². The first-order chi connectivity index (χ1) is 10.5. The maximum atomic E-state index is 12.1. The SMILES string of the molecule is C=C(C)OC(=O)CC1(SN=S)C(=O)NC1Nc1ccccc1. The molecule has 1 aliphatic rings. The fourth-order valence-electron chi connectivity index (χ4n) is 2.10. The Kier molecular flexibility index (Phi) is 5.15. The Morgan fingerprint density at radius 1 is 1.55 bits per heavy atom. The average molecular weight is 337 g/mol. The van der Waals surface area contributed by atoms with E-state index < -0.39 is 16.9 Å². The van der Waals surface area contributed by atoms with Gasteiger partial charge in [0, 0.05) is 30.1 Å². The van der Waals surface area contributed by atoms with Gasteiger partial charge >= 0.3 is 5.97 Å². The highest BCUT2D eigenvalue weighted by molar-refractivity contribution is 8.02. The molecule has 8 heteroatoms. The Morgan fingerprint density at radius 3 is 2.77 bits per heavy atom. The fraction of sp³-hybridized carbons (Fsp3) is 0.286. The van der Waals surface area contributed by atoms with Gasteiger partial charge in [0.15, 0.2) is 4.75 Å². The van der Waals surface area contributed by atoms with Crippen molar-refractivity contribution < 1.29 is 14.3 Å². The summed E-state index contributed by atoms with van der Waals surface area (Å²) in [6.07, 6.45) is -0.627. The lowest BCUT2D eigenvalue weighted by Gasteiger charge is -2.46. The van der Waals surface area contributed by atoms with Gasteiger partial charge < -0.3 is 15.4 Å². The minimum absolute atomic E-state index is 0.152. The van der Waals surface area contributed by atoms with Crippen LogP contribution in [0, 0.1) is 0 Å². The summed E-state index contributed by atoms with van der Waals surface area (Å²) in [6.45, 7) is 5.08. The number of nitrogens with one attached hydrogen (secondary N) is 2. The first-order valence-corrected chi connectivity index (χ1v) is 7.61. The fourth-order valence-corrected chi connectivity index (χ4v) is 3.18. The molecule has 6 nitrogen and oxygen atoms in total. The second kappa shape index (κ2) is 6.89. The van der Waals surface area contributed by atoms with Crippen LogP contribution in [0.2, 0.25) is 0 Å². The average Bonchev–Trinajstić information content (AvgIpc) is 2.46. The van der Waals surface area contributed by atoms with Crippen LogP contribution in [-0.2, 0) is 26.8 Å². The lowest BCUT2D eigenvalue weighted by Crippen LogP contribution is -2.73. The van der Waals surface area contributed by atoms with Crippen molar-refractivity contribution in [3.63, 3.8) is 0 Å². The van der Waals surface area contributed by atoms with Crippen LogP contribution in [0.4, 0.5) is 5.69 Å². The van der Waals surface area contributed by atoms with Crippen LogP contribution >= 0.6 is 11.9 Å². The molecule has 1 aromatic carbocycles. The van der Waals surface area contributed by atoms with Gasteiger partial charge in [0.25, 0.3) is 0 Å². The molecule has 22 heavy (non-hydrogen) atoms. The number of allylic oxidation sites excluding steroid dienone is 1. The van der Waals surface area contributed by atoms with Crippen molar-refractivity contribution in [3.05, 3.63) is 42.7 Å². The number of hydrogen-bond acceptors (Lipinski definition) is 7. The third-order valence-electron chi connectivity index (χ3n) is 3.11. The molecule has 2 rings (SSSR count). The molecule has 1 fully saturated rings. The first kappa shape index (κ1) is 16.4. The van der Waals surface area contributed by atoms with Crippen molar-refractivity contribution in [2.24, 2.45) is 3.77 Å². The Balaban J connectivity index is 2.15. The maximum Gasteiger partial charge on any atom is 0.313 e. The molecular weight excluding hydrogens is 322 g/mol. The van der Waals surface area contributed by atoms with Gasteiger partial charge in [-0.1, -0.05) is 24.8 Å². The van der Waals surface area contributed by atoms with E-state index >= 15 is 0 Å². The predicted octanol–water partition coefficient (Wildman–Crippen LogP) is 2.14. The number of nitrogens with zero attached hydrogens (tertiary/aromatic N) is 1. The number of rotatable bonds is 7. The van der Waals surface area contributed by atoms with E-state index in [9.17, 15) is 9.59 Å². The van der Waals surface area contributed by atoms with Crippen molar-refractivity contribution in [2.75, 3.05) is 5.32 Å². The molecule has 1 aromatic rings. The molecule has 0 spiro atoms. The Hall–Kier alpha value is -1.93. The molecule has 2 N–H and O–H groups in total. The molecule has 2 unspecified atom stereocenters. The van der Waals surface area contributed by atoms with Crippen molar-refractivity contribution in [2.45, 2.75) is 24.3 Å². The molecule has 2 atom stereocenters. The molecule has 0 radical (unpaired) electrons. The summed E-state index contributed by atoms with van der Waals surface area (Å²) >= 11 is 5.51. The van der Waals surface area contributed by atoms with Gasteiger partial charge in [-0.2, -0.15) is 0 Å². The largest absolute Gasteiger partial charge is 0.432 e. The van der Waals surface area contributed by atoms with E-state index in [1.165, 1.54) is 0 Å². The van der Waals surface area contributed by atoms with Crippen LogP contribution in [0.3, 0.4) is 0 Å². The summed E-state index contributed by atoms with van der Waals surface area (Å²) in [5.74, 6) is -0.584. The summed E-state index contributed by atoms with van der Waals surface area (Å²) in [6, 6.07) is 9.33. The van der Waals surface area contributed by atoms with E-state index in [4.69, 9.17) is 4.74 Å². The number of esters is 1. The number of anilines is 1. The number of para-hydroxylation sites is 1. The van der Waals surface area contributed by atoms with Crippen LogP contribution in [0.15, 0.2) is 46.4 Å². The zero-order chi connectivity index (χ0) is 16.2. The number of carbonyl (C=O) groups is 2. The Morgan fingerprint density at radius 2 is 2.23 bits per heavy atom. The number of β-lactam (4-membered cyclic amide) rings is 1. The molecular formula is C14H15N3O3S2. The molecule has 1 heterocycles. The van der Waals surface area contributed by atoms with Gasteiger partial charge in [-0.25, -0.2) is 0 Å². The van der Waals surface area contributed by atoms with Crippen LogP contribution in [0.25, 0.3) is 0 Å². The van der Waals surface area contributed by atoms with Crippen LogP contribution in [0.1, 0.15) is 13.3 Å². The molecule has 0 bridgehead atoms. The van der Waals surface area contributed by atoms with Crippen molar-refractivity contribution in [1.29, 1.82) is 0 Å². The summed E-state index contributed by atoms with van der Waals surface area (Å²) in [4.78, 5) is 24.0. The molecule has 0 aromatic heterocycles. The number of ether oxygens (including phenoxy) is 1. The lowest BCUT2D eigenvalue weighted by atomic mass is 9.91. The second-order valence-electron chi connectivity index (χ2n) is 4.83. The van der Waals surface area contributed by atoms with E-state index in [-0.39, 0.29) is 18.1 Å². The minimum atomic E-state index is -1.12. The summed E-state index contributed by atoms with van der Waals surface area (Å²) in [7, 11) is 0. The van der Waals surface area contributed by atoms with Gasteiger partial charge in [0.1, 0.15) is 6.17 Å². The van der Waals surface area contributed by atoms with E-state index in [1.54, 1.807) is 6.92 Å². The van der Waals surface area contributed by atoms with Crippen molar-refractivity contribution >= 4 is 41.9 Å². The number of hydrogen-bond donors (Lipinski definition) is 2.